The molecule has 0 fully saturated rings. The van der Waals surface area contributed by atoms with E-state index in [2.05, 4.69) is 10.2 Å². The summed E-state index contributed by atoms with van der Waals surface area (Å²) in [6, 6.07) is 17.7. The van der Waals surface area contributed by atoms with E-state index < -0.39 is 5.82 Å². The Kier molecular flexibility index (Phi) is 6.40. The molecule has 0 aliphatic carbocycles. The Morgan fingerprint density at radius 1 is 1.18 bits per heavy atom. The maximum Gasteiger partial charge on any atom is 0.237 e. The Balaban J connectivity index is 1.74. The van der Waals surface area contributed by atoms with Crippen LogP contribution in [-0.4, -0.2) is 33.0 Å². The third-order valence-electron chi connectivity index (χ3n) is 4.08. The summed E-state index contributed by atoms with van der Waals surface area (Å²) in [4.78, 5) is 14.0. The standard InChI is InChI=1S/C20H18FN5OS/c1-25-19(15-8-3-2-4-9-15)23-24-20(25)28-14-18(27)26(13-7-12-22)17-11-6-5-10-16(17)21/h2-6,8-11H,7,13-14H2,1H3. The maximum absolute atomic E-state index is 14.1. The number of amides is 1. The summed E-state index contributed by atoms with van der Waals surface area (Å²) in [6.45, 7) is 0.130. The van der Waals surface area contributed by atoms with Crippen LogP contribution >= 0.6 is 11.8 Å². The van der Waals surface area contributed by atoms with Crippen LogP contribution in [0.1, 0.15) is 6.42 Å². The first-order chi connectivity index (χ1) is 13.6. The Bertz CT molecular complexity index is 999. The molecule has 0 bridgehead atoms. The van der Waals surface area contributed by atoms with Gasteiger partial charge in [0.05, 0.1) is 23.9 Å². The van der Waals surface area contributed by atoms with Gasteiger partial charge < -0.3 is 9.47 Å². The van der Waals surface area contributed by atoms with Gasteiger partial charge in [0.25, 0.3) is 0 Å². The zero-order valence-corrected chi connectivity index (χ0v) is 16.1. The molecule has 8 heteroatoms. The molecule has 0 saturated carbocycles. The van der Waals surface area contributed by atoms with E-state index in [4.69, 9.17) is 5.26 Å². The fourth-order valence-corrected chi connectivity index (χ4v) is 3.48. The van der Waals surface area contributed by atoms with Crippen molar-refractivity contribution < 1.29 is 9.18 Å². The predicted molar refractivity (Wildman–Crippen MR) is 106 cm³/mol. The molecule has 1 heterocycles. The Hall–Kier alpha value is -3.18. The highest BCUT2D eigenvalue weighted by molar-refractivity contribution is 7.99. The molecule has 2 aromatic carbocycles. The number of hydrogen-bond donors (Lipinski definition) is 0. The van der Waals surface area contributed by atoms with Crippen LogP contribution in [0.5, 0.6) is 0 Å². The second kappa shape index (κ2) is 9.15. The highest BCUT2D eigenvalue weighted by Crippen LogP contribution is 2.24. The molecule has 0 radical (unpaired) electrons. The number of aromatic nitrogens is 3. The van der Waals surface area contributed by atoms with Crippen LogP contribution in [0.15, 0.2) is 59.8 Å². The Labute approximate surface area is 166 Å². The number of rotatable bonds is 7. The van der Waals surface area contributed by atoms with Gasteiger partial charge in [0.1, 0.15) is 5.82 Å². The summed E-state index contributed by atoms with van der Waals surface area (Å²) in [7, 11) is 1.83. The van der Waals surface area contributed by atoms with Crippen molar-refractivity contribution in [1.29, 1.82) is 5.26 Å². The SMILES string of the molecule is Cn1c(SCC(=O)N(CCC#N)c2ccccc2F)nnc1-c1ccccc1. The second-order valence-electron chi connectivity index (χ2n) is 5.92. The van der Waals surface area contributed by atoms with Crippen LogP contribution in [0.3, 0.4) is 0 Å². The Morgan fingerprint density at radius 2 is 1.89 bits per heavy atom. The highest BCUT2D eigenvalue weighted by atomic mass is 32.2. The normalized spacial score (nSPS) is 10.5. The summed E-state index contributed by atoms with van der Waals surface area (Å²) in [5.41, 5.74) is 1.10. The predicted octanol–water partition coefficient (Wildman–Crippen LogP) is 3.66. The summed E-state index contributed by atoms with van der Waals surface area (Å²) >= 11 is 1.23. The third kappa shape index (κ3) is 4.38. The van der Waals surface area contributed by atoms with Gasteiger partial charge in [-0.15, -0.1) is 10.2 Å². The average Bonchev–Trinajstić information content (AvgIpc) is 3.09. The van der Waals surface area contributed by atoms with E-state index >= 15 is 0 Å². The summed E-state index contributed by atoms with van der Waals surface area (Å²) in [5.74, 6) is -0.0371. The topological polar surface area (TPSA) is 74.8 Å². The average molecular weight is 395 g/mol. The number of anilines is 1. The van der Waals surface area contributed by atoms with Gasteiger partial charge in [-0.3, -0.25) is 4.79 Å². The lowest BCUT2D eigenvalue weighted by atomic mass is 10.2. The number of para-hydroxylation sites is 1. The molecule has 1 amide bonds. The lowest BCUT2D eigenvalue weighted by Gasteiger charge is -2.22. The van der Waals surface area contributed by atoms with Crippen molar-refractivity contribution >= 4 is 23.4 Å². The van der Waals surface area contributed by atoms with E-state index in [-0.39, 0.29) is 30.3 Å². The number of hydrogen-bond acceptors (Lipinski definition) is 5. The van der Waals surface area contributed by atoms with Crippen LogP contribution in [-0.2, 0) is 11.8 Å². The van der Waals surface area contributed by atoms with Crippen molar-refractivity contribution in [2.45, 2.75) is 11.6 Å². The van der Waals surface area contributed by atoms with Crippen LogP contribution in [0, 0.1) is 17.1 Å². The van der Waals surface area contributed by atoms with Gasteiger partial charge in [0.15, 0.2) is 11.0 Å². The summed E-state index contributed by atoms with van der Waals surface area (Å²) in [5, 5.41) is 17.8. The van der Waals surface area contributed by atoms with Crippen molar-refractivity contribution in [2.75, 3.05) is 17.2 Å². The molecular formula is C20H18FN5OS. The number of nitriles is 1. The molecule has 0 aliphatic heterocycles. The van der Waals surface area contributed by atoms with Gasteiger partial charge >= 0.3 is 0 Å². The van der Waals surface area contributed by atoms with Crippen LogP contribution in [0.25, 0.3) is 11.4 Å². The van der Waals surface area contributed by atoms with E-state index in [0.717, 1.165) is 5.56 Å². The molecule has 0 unspecified atom stereocenters. The fraction of sp³-hybridized carbons (Fsp3) is 0.200. The van der Waals surface area contributed by atoms with E-state index in [1.807, 2.05) is 48.0 Å². The lowest BCUT2D eigenvalue weighted by molar-refractivity contribution is -0.116. The van der Waals surface area contributed by atoms with Gasteiger partial charge in [0, 0.05) is 19.2 Å². The monoisotopic (exact) mass is 395 g/mol. The molecule has 0 N–H and O–H groups in total. The zero-order chi connectivity index (χ0) is 19.9. The number of thioether (sulfide) groups is 1. The second-order valence-corrected chi connectivity index (χ2v) is 6.87. The van der Waals surface area contributed by atoms with Gasteiger partial charge in [0.2, 0.25) is 5.91 Å². The minimum absolute atomic E-state index is 0.0561. The summed E-state index contributed by atoms with van der Waals surface area (Å²) < 4.78 is 16.0. The van der Waals surface area contributed by atoms with Gasteiger partial charge in [-0.05, 0) is 12.1 Å². The van der Waals surface area contributed by atoms with Crippen LogP contribution in [0.4, 0.5) is 10.1 Å². The minimum atomic E-state index is -0.496. The molecule has 6 nitrogen and oxygen atoms in total. The number of benzene rings is 2. The molecule has 3 rings (SSSR count). The molecule has 0 saturated heterocycles. The van der Waals surface area contributed by atoms with E-state index in [1.54, 1.807) is 12.1 Å². The van der Waals surface area contributed by atoms with E-state index in [1.165, 1.54) is 28.8 Å². The van der Waals surface area contributed by atoms with Crippen molar-refractivity contribution in [1.82, 2.24) is 14.8 Å². The van der Waals surface area contributed by atoms with Gasteiger partial charge in [-0.25, -0.2) is 4.39 Å². The van der Waals surface area contributed by atoms with E-state index in [9.17, 15) is 9.18 Å². The van der Waals surface area contributed by atoms with Crippen molar-refractivity contribution in [3.8, 4) is 17.5 Å². The van der Waals surface area contributed by atoms with Crippen LogP contribution < -0.4 is 4.90 Å². The van der Waals surface area contributed by atoms with E-state index in [0.29, 0.717) is 11.0 Å². The molecular weight excluding hydrogens is 377 g/mol. The lowest BCUT2D eigenvalue weighted by Crippen LogP contribution is -2.34. The zero-order valence-electron chi connectivity index (χ0n) is 15.2. The first-order valence-electron chi connectivity index (χ1n) is 8.61. The summed E-state index contributed by atoms with van der Waals surface area (Å²) in [6.07, 6.45) is 0.118. The fourth-order valence-electron chi connectivity index (χ4n) is 2.70. The van der Waals surface area contributed by atoms with Gasteiger partial charge in [-0.1, -0.05) is 54.2 Å². The van der Waals surface area contributed by atoms with Gasteiger partial charge in [-0.2, -0.15) is 5.26 Å². The quantitative estimate of drug-likeness (QED) is 0.571. The van der Waals surface area contributed by atoms with Crippen molar-refractivity contribution in [3.05, 3.63) is 60.4 Å². The molecule has 0 atom stereocenters. The first-order valence-corrected chi connectivity index (χ1v) is 9.60. The number of carbonyl (C=O) groups excluding carboxylic acids is 1. The molecule has 28 heavy (non-hydrogen) atoms. The largest absolute Gasteiger partial charge is 0.308 e. The third-order valence-corrected chi connectivity index (χ3v) is 5.09. The molecule has 1 aromatic heterocycles. The van der Waals surface area contributed by atoms with Crippen LogP contribution in [0.2, 0.25) is 0 Å². The number of carbonyl (C=O) groups is 1. The molecule has 142 valence electrons. The molecule has 0 spiro atoms. The number of halogens is 1. The Morgan fingerprint density at radius 3 is 2.61 bits per heavy atom. The van der Waals surface area contributed by atoms with Crippen molar-refractivity contribution in [2.24, 2.45) is 7.05 Å². The molecule has 0 aliphatic rings. The minimum Gasteiger partial charge on any atom is -0.308 e. The number of nitrogens with zero attached hydrogens (tertiary/aromatic N) is 5. The smallest absolute Gasteiger partial charge is 0.237 e. The van der Waals surface area contributed by atoms with Crippen molar-refractivity contribution in [3.63, 3.8) is 0 Å². The molecule has 3 aromatic rings. The highest BCUT2D eigenvalue weighted by Gasteiger charge is 2.20. The first kappa shape index (κ1) is 19.6. The maximum atomic E-state index is 14.1.